The summed E-state index contributed by atoms with van der Waals surface area (Å²) in [5, 5.41) is 15.2. The Morgan fingerprint density at radius 1 is 1.27 bits per heavy atom. The van der Waals surface area contributed by atoms with Crippen LogP contribution in [-0.4, -0.2) is 24.5 Å². The van der Waals surface area contributed by atoms with Crippen LogP contribution in [0.2, 0.25) is 0 Å². The van der Waals surface area contributed by atoms with Crippen molar-refractivity contribution in [2.24, 2.45) is 0 Å². The van der Waals surface area contributed by atoms with Crippen LogP contribution < -0.4 is 15.4 Å². The smallest absolute Gasteiger partial charge is 0.319 e. The van der Waals surface area contributed by atoms with E-state index in [4.69, 9.17) is 4.74 Å². The predicted molar refractivity (Wildman–Crippen MR) is 88.7 cm³/mol. The fourth-order valence-corrected chi connectivity index (χ4v) is 2.36. The molecule has 5 nitrogen and oxygen atoms in total. The molecule has 0 aromatic heterocycles. The number of rotatable bonds is 5. The number of amides is 2. The molecule has 6 heteroatoms. The largest absolute Gasteiger partial charge is 0.504 e. The maximum atomic E-state index is 11.9. The maximum Gasteiger partial charge on any atom is 0.319 e. The van der Waals surface area contributed by atoms with Crippen molar-refractivity contribution >= 4 is 23.5 Å². The van der Waals surface area contributed by atoms with Crippen molar-refractivity contribution in [3.63, 3.8) is 0 Å². The highest BCUT2D eigenvalue weighted by atomic mass is 32.2. The van der Waals surface area contributed by atoms with Crippen molar-refractivity contribution in [3.05, 3.63) is 48.0 Å². The summed E-state index contributed by atoms with van der Waals surface area (Å²) in [6, 6.07) is 12.3. The molecule has 0 heterocycles. The highest BCUT2D eigenvalue weighted by molar-refractivity contribution is 7.98. The minimum absolute atomic E-state index is 0.0508. The molecule has 0 fully saturated rings. The lowest BCUT2D eigenvalue weighted by Crippen LogP contribution is -2.28. The lowest BCUT2D eigenvalue weighted by Gasteiger charge is -2.10. The lowest BCUT2D eigenvalue weighted by atomic mass is 10.2. The summed E-state index contributed by atoms with van der Waals surface area (Å²) in [6.07, 6.45) is 1.98. The predicted octanol–water partition coefficient (Wildman–Crippen LogP) is 3.44. The second kappa shape index (κ2) is 7.61. The molecule has 0 aliphatic heterocycles. The van der Waals surface area contributed by atoms with E-state index >= 15 is 0 Å². The molecule has 2 aromatic rings. The number of carbonyl (C=O) groups excluding carboxylic acids is 1. The van der Waals surface area contributed by atoms with Crippen LogP contribution in [-0.2, 0) is 6.54 Å². The zero-order valence-corrected chi connectivity index (χ0v) is 13.2. The first-order chi connectivity index (χ1) is 10.6. The van der Waals surface area contributed by atoms with Gasteiger partial charge in [-0.05, 0) is 42.2 Å². The van der Waals surface area contributed by atoms with Crippen LogP contribution in [0.15, 0.2) is 47.4 Å². The van der Waals surface area contributed by atoms with Gasteiger partial charge in [0.25, 0.3) is 0 Å². The number of benzene rings is 2. The highest BCUT2D eigenvalue weighted by Crippen LogP contribution is 2.26. The molecule has 2 rings (SSSR count). The summed E-state index contributed by atoms with van der Waals surface area (Å²) >= 11 is 1.61. The third-order valence-electron chi connectivity index (χ3n) is 3.02. The van der Waals surface area contributed by atoms with E-state index in [0.29, 0.717) is 12.3 Å². The first-order valence-electron chi connectivity index (χ1n) is 6.67. The minimum Gasteiger partial charge on any atom is -0.504 e. The zero-order valence-electron chi connectivity index (χ0n) is 12.4. The number of hydrogen-bond donors (Lipinski definition) is 3. The summed E-state index contributed by atoms with van der Waals surface area (Å²) in [6.45, 7) is 0.311. The Hall–Kier alpha value is -2.34. The topological polar surface area (TPSA) is 70.6 Å². The van der Waals surface area contributed by atoms with Gasteiger partial charge in [0.2, 0.25) is 0 Å². The molecule has 22 heavy (non-hydrogen) atoms. The highest BCUT2D eigenvalue weighted by Gasteiger charge is 2.05. The summed E-state index contributed by atoms with van der Waals surface area (Å²) in [7, 11) is 1.49. The average Bonchev–Trinajstić information content (AvgIpc) is 2.53. The molecule has 3 N–H and O–H groups in total. The number of carbonyl (C=O) groups is 1. The Morgan fingerprint density at radius 3 is 2.77 bits per heavy atom. The van der Waals surface area contributed by atoms with Gasteiger partial charge in [-0.25, -0.2) is 4.79 Å². The average molecular weight is 318 g/mol. The van der Waals surface area contributed by atoms with Crippen LogP contribution in [0.5, 0.6) is 11.5 Å². The van der Waals surface area contributed by atoms with Gasteiger partial charge in [0.1, 0.15) is 0 Å². The van der Waals surface area contributed by atoms with Gasteiger partial charge in [0.05, 0.1) is 7.11 Å². The first-order valence-corrected chi connectivity index (χ1v) is 7.89. The van der Waals surface area contributed by atoms with Crippen molar-refractivity contribution in [2.75, 3.05) is 18.7 Å². The summed E-state index contributed by atoms with van der Waals surface area (Å²) in [5.41, 5.74) is 1.52. The number of aromatic hydroxyl groups is 1. The molecule has 2 amide bonds. The van der Waals surface area contributed by atoms with Crippen molar-refractivity contribution in [1.82, 2.24) is 5.32 Å². The molecular formula is C16H18N2O3S. The summed E-state index contributed by atoms with van der Waals surface area (Å²) in [4.78, 5) is 13.0. The molecule has 116 valence electrons. The molecule has 0 aliphatic carbocycles. The molecule has 0 atom stereocenters. The summed E-state index contributed by atoms with van der Waals surface area (Å²) < 4.78 is 4.97. The Kier molecular flexibility index (Phi) is 5.55. The number of phenolic OH excluding ortho intramolecular Hbond substituents is 1. The fourth-order valence-electron chi connectivity index (χ4n) is 1.90. The van der Waals surface area contributed by atoms with Crippen molar-refractivity contribution in [3.8, 4) is 11.5 Å². The molecule has 0 unspecified atom stereocenters. The fraction of sp³-hybridized carbons (Fsp3) is 0.188. The number of nitrogens with one attached hydrogen (secondary N) is 2. The van der Waals surface area contributed by atoms with Crippen molar-refractivity contribution < 1.29 is 14.6 Å². The van der Waals surface area contributed by atoms with E-state index in [-0.39, 0.29) is 11.8 Å². The van der Waals surface area contributed by atoms with Crippen molar-refractivity contribution in [1.29, 1.82) is 0 Å². The standard InChI is InChI=1S/C16H18N2O3S/c1-21-15-7-6-11(8-14(15)19)10-17-16(20)18-12-4-3-5-13(9-12)22-2/h3-9,19H,10H2,1-2H3,(H2,17,18,20). The third-order valence-corrected chi connectivity index (χ3v) is 3.75. The van der Waals surface area contributed by atoms with Crippen molar-refractivity contribution in [2.45, 2.75) is 11.4 Å². The van der Waals surface area contributed by atoms with E-state index in [0.717, 1.165) is 16.1 Å². The Bertz CT molecular complexity index is 662. The number of urea groups is 1. The zero-order chi connectivity index (χ0) is 15.9. The molecule has 2 aromatic carbocycles. The first kappa shape index (κ1) is 16.0. The van der Waals surface area contributed by atoms with E-state index in [2.05, 4.69) is 10.6 Å². The number of methoxy groups -OCH3 is 1. The van der Waals surface area contributed by atoms with E-state index < -0.39 is 0 Å². The van der Waals surface area contributed by atoms with Gasteiger partial charge in [0.15, 0.2) is 11.5 Å². The monoisotopic (exact) mass is 318 g/mol. The van der Waals surface area contributed by atoms with Crippen LogP contribution in [0, 0.1) is 0 Å². The van der Waals surface area contributed by atoms with E-state index in [1.165, 1.54) is 7.11 Å². The molecule has 0 bridgehead atoms. The number of thioether (sulfide) groups is 1. The Labute approximate surface area is 133 Å². The second-order valence-corrected chi connectivity index (χ2v) is 5.43. The number of phenols is 1. The Balaban J connectivity index is 1.91. The molecule has 0 spiro atoms. The lowest BCUT2D eigenvalue weighted by molar-refractivity contribution is 0.251. The SMILES string of the molecule is COc1ccc(CNC(=O)Nc2cccc(SC)c2)cc1O. The van der Waals surface area contributed by atoms with Crippen LogP contribution in [0.3, 0.4) is 0 Å². The van der Waals surface area contributed by atoms with Crippen LogP contribution in [0.4, 0.5) is 10.5 Å². The van der Waals surface area contributed by atoms with Gasteiger partial charge in [-0.2, -0.15) is 0 Å². The van der Waals surface area contributed by atoms with E-state index in [1.54, 1.807) is 30.0 Å². The van der Waals surface area contributed by atoms with Gasteiger partial charge in [-0.15, -0.1) is 11.8 Å². The third kappa shape index (κ3) is 4.33. The minimum atomic E-state index is -0.298. The normalized spacial score (nSPS) is 10.1. The molecule has 0 saturated heterocycles. The van der Waals surface area contributed by atoms with Crippen LogP contribution in [0.1, 0.15) is 5.56 Å². The van der Waals surface area contributed by atoms with Crippen LogP contribution in [0.25, 0.3) is 0 Å². The number of ether oxygens (including phenoxy) is 1. The van der Waals surface area contributed by atoms with Crippen LogP contribution >= 0.6 is 11.8 Å². The second-order valence-electron chi connectivity index (χ2n) is 4.55. The molecule has 0 radical (unpaired) electrons. The molecule has 0 saturated carbocycles. The quantitative estimate of drug-likeness (QED) is 0.739. The van der Waals surface area contributed by atoms with Gasteiger partial charge in [-0.3, -0.25) is 0 Å². The number of hydrogen-bond acceptors (Lipinski definition) is 4. The maximum absolute atomic E-state index is 11.9. The Morgan fingerprint density at radius 2 is 2.09 bits per heavy atom. The van der Waals surface area contributed by atoms with E-state index in [9.17, 15) is 9.90 Å². The molecule has 0 aliphatic rings. The summed E-state index contributed by atoms with van der Waals surface area (Å²) in [5.74, 6) is 0.456. The van der Waals surface area contributed by atoms with Gasteiger partial charge in [0, 0.05) is 17.1 Å². The van der Waals surface area contributed by atoms with E-state index in [1.807, 2.05) is 30.5 Å². The molecular weight excluding hydrogens is 300 g/mol. The van der Waals surface area contributed by atoms with Gasteiger partial charge in [-0.1, -0.05) is 12.1 Å². The van der Waals surface area contributed by atoms with Gasteiger partial charge < -0.3 is 20.5 Å². The number of anilines is 1. The van der Waals surface area contributed by atoms with Gasteiger partial charge >= 0.3 is 6.03 Å².